The fourth-order valence-electron chi connectivity index (χ4n) is 1.37. The first-order chi connectivity index (χ1) is 7.63. The highest BCUT2D eigenvalue weighted by Gasteiger charge is 2.04. The van der Waals surface area contributed by atoms with Crippen molar-refractivity contribution in [3.05, 3.63) is 34.1 Å². The maximum Gasteiger partial charge on any atom is 0.305 e. The van der Waals surface area contributed by atoms with E-state index in [0.717, 1.165) is 5.56 Å². The molecule has 0 saturated carbocycles. The van der Waals surface area contributed by atoms with E-state index < -0.39 is 0 Å². The molecule has 0 aliphatic heterocycles. The molecule has 4 heteroatoms. The van der Waals surface area contributed by atoms with Crippen molar-refractivity contribution in [2.24, 2.45) is 0 Å². The molecule has 0 unspecified atom stereocenters. The standard InChI is InChI=1S/C12H14BrFO2/c1-2-16-12(15)5-3-4-9-6-7-10(13)11(14)8-9/h6-8H,2-5H2,1H3. The van der Waals surface area contributed by atoms with E-state index in [1.165, 1.54) is 6.07 Å². The Morgan fingerprint density at radius 2 is 2.25 bits per heavy atom. The van der Waals surface area contributed by atoms with E-state index >= 15 is 0 Å². The molecule has 0 fully saturated rings. The van der Waals surface area contributed by atoms with Gasteiger partial charge < -0.3 is 4.74 Å². The van der Waals surface area contributed by atoms with Gasteiger partial charge in [0.25, 0.3) is 0 Å². The van der Waals surface area contributed by atoms with Gasteiger partial charge in [-0.15, -0.1) is 0 Å². The van der Waals surface area contributed by atoms with Crippen LogP contribution in [0.5, 0.6) is 0 Å². The summed E-state index contributed by atoms with van der Waals surface area (Å²) in [4.78, 5) is 11.1. The van der Waals surface area contributed by atoms with E-state index in [2.05, 4.69) is 15.9 Å². The predicted molar refractivity (Wildman–Crippen MR) is 63.7 cm³/mol. The first-order valence-electron chi connectivity index (χ1n) is 5.23. The number of ether oxygens (including phenoxy) is 1. The molecule has 0 spiro atoms. The van der Waals surface area contributed by atoms with Gasteiger partial charge in [-0.1, -0.05) is 6.07 Å². The first-order valence-corrected chi connectivity index (χ1v) is 6.02. The van der Waals surface area contributed by atoms with Crippen LogP contribution in [-0.2, 0) is 16.0 Å². The molecular formula is C12H14BrFO2. The highest BCUT2D eigenvalue weighted by Crippen LogP contribution is 2.17. The lowest BCUT2D eigenvalue weighted by atomic mass is 10.1. The number of halogens is 2. The number of carbonyl (C=O) groups excluding carboxylic acids is 1. The van der Waals surface area contributed by atoms with Crippen LogP contribution in [0.25, 0.3) is 0 Å². The van der Waals surface area contributed by atoms with Crippen molar-refractivity contribution in [3.63, 3.8) is 0 Å². The zero-order valence-corrected chi connectivity index (χ0v) is 10.7. The van der Waals surface area contributed by atoms with Crippen LogP contribution in [0.1, 0.15) is 25.3 Å². The fourth-order valence-corrected chi connectivity index (χ4v) is 1.61. The monoisotopic (exact) mass is 288 g/mol. The van der Waals surface area contributed by atoms with Gasteiger partial charge in [-0.05, 0) is 53.4 Å². The molecule has 16 heavy (non-hydrogen) atoms. The number of aryl methyl sites for hydroxylation is 1. The van der Waals surface area contributed by atoms with Crippen LogP contribution >= 0.6 is 15.9 Å². The number of rotatable bonds is 5. The van der Waals surface area contributed by atoms with Crippen molar-refractivity contribution in [2.45, 2.75) is 26.2 Å². The summed E-state index contributed by atoms with van der Waals surface area (Å²) in [5.74, 6) is -0.464. The highest BCUT2D eigenvalue weighted by molar-refractivity contribution is 9.10. The van der Waals surface area contributed by atoms with E-state index in [-0.39, 0.29) is 11.8 Å². The van der Waals surface area contributed by atoms with Crippen LogP contribution in [0.2, 0.25) is 0 Å². The summed E-state index contributed by atoms with van der Waals surface area (Å²) in [5.41, 5.74) is 0.894. The molecule has 0 N–H and O–H groups in total. The normalized spacial score (nSPS) is 10.2. The maximum absolute atomic E-state index is 13.1. The minimum atomic E-state index is -0.270. The fraction of sp³-hybridized carbons (Fsp3) is 0.417. The second-order valence-electron chi connectivity index (χ2n) is 3.41. The van der Waals surface area contributed by atoms with Gasteiger partial charge in [0.05, 0.1) is 11.1 Å². The Labute approximate surface area is 103 Å². The van der Waals surface area contributed by atoms with Crippen LogP contribution in [0, 0.1) is 5.82 Å². The Morgan fingerprint density at radius 3 is 2.88 bits per heavy atom. The summed E-state index contributed by atoms with van der Waals surface area (Å²) >= 11 is 3.09. The second-order valence-corrected chi connectivity index (χ2v) is 4.26. The third kappa shape index (κ3) is 4.31. The van der Waals surface area contributed by atoms with Gasteiger partial charge in [-0.3, -0.25) is 4.79 Å². The summed E-state index contributed by atoms with van der Waals surface area (Å²) in [6, 6.07) is 5.00. The van der Waals surface area contributed by atoms with Crippen molar-refractivity contribution in [3.8, 4) is 0 Å². The Bertz CT molecular complexity index is 366. The molecule has 0 saturated heterocycles. The van der Waals surface area contributed by atoms with Crippen LogP contribution in [0.4, 0.5) is 4.39 Å². The topological polar surface area (TPSA) is 26.3 Å². The molecule has 0 aliphatic rings. The van der Waals surface area contributed by atoms with Gasteiger partial charge >= 0.3 is 5.97 Å². The van der Waals surface area contributed by atoms with Gasteiger partial charge in [0.1, 0.15) is 5.82 Å². The van der Waals surface area contributed by atoms with Crippen LogP contribution in [-0.4, -0.2) is 12.6 Å². The molecule has 0 bridgehead atoms. The largest absolute Gasteiger partial charge is 0.466 e. The molecule has 0 aliphatic carbocycles. The summed E-state index contributed by atoms with van der Waals surface area (Å²) < 4.78 is 18.4. The molecule has 0 atom stereocenters. The van der Waals surface area contributed by atoms with Gasteiger partial charge in [0.2, 0.25) is 0 Å². The number of benzene rings is 1. The molecule has 1 rings (SSSR count). The lowest BCUT2D eigenvalue weighted by molar-refractivity contribution is -0.143. The van der Waals surface area contributed by atoms with Gasteiger partial charge in [0.15, 0.2) is 0 Å². The van der Waals surface area contributed by atoms with Crippen molar-refractivity contribution in [1.82, 2.24) is 0 Å². The second kappa shape index (κ2) is 6.63. The minimum absolute atomic E-state index is 0.194. The molecule has 0 radical (unpaired) electrons. The highest BCUT2D eigenvalue weighted by atomic mass is 79.9. The lowest BCUT2D eigenvalue weighted by Gasteiger charge is -2.03. The SMILES string of the molecule is CCOC(=O)CCCc1ccc(Br)c(F)c1. The van der Waals surface area contributed by atoms with Gasteiger partial charge in [-0.2, -0.15) is 0 Å². The minimum Gasteiger partial charge on any atom is -0.466 e. The number of carbonyl (C=O) groups is 1. The smallest absolute Gasteiger partial charge is 0.305 e. The zero-order valence-electron chi connectivity index (χ0n) is 9.13. The average Bonchev–Trinajstić information content (AvgIpc) is 2.24. The van der Waals surface area contributed by atoms with E-state index in [9.17, 15) is 9.18 Å². The van der Waals surface area contributed by atoms with E-state index in [0.29, 0.717) is 30.3 Å². The van der Waals surface area contributed by atoms with Crippen LogP contribution in [0.3, 0.4) is 0 Å². The molecule has 1 aromatic carbocycles. The third-order valence-electron chi connectivity index (χ3n) is 2.14. The van der Waals surface area contributed by atoms with E-state index in [4.69, 9.17) is 4.74 Å². The Hall–Kier alpha value is -0.900. The third-order valence-corrected chi connectivity index (χ3v) is 2.78. The van der Waals surface area contributed by atoms with Crippen LogP contribution < -0.4 is 0 Å². The van der Waals surface area contributed by atoms with Gasteiger partial charge in [0, 0.05) is 6.42 Å². The average molecular weight is 289 g/mol. The molecule has 2 nitrogen and oxygen atoms in total. The Balaban J connectivity index is 2.37. The number of hydrogen-bond donors (Lipinski definition) is 0. The van der Waals surface area contributed by atoms with Crippen molar-refractivity contribution >= 4 is 21.9 Å². The summed E-state index contributed by atoms with van der Waals surface area (Å²) in [7, 11) is 0. The maximum atomic E-state index is 13.1. The Kier molecular flexibility index (Phi) is 5.46. The molecule has 1 aromatic rings. The van der Waals surface area contributed by atoms with Gasteiger partial charge in [-0.25, -0.2) is 4.39 Å². The summed E-state index contributed by atoms with van der Waals surface area (Å²) in [6.07, 6.45) is 1.74. The molecule has 0 aromatic heterocycles. The first kappa shape index (κ1) is 13.2. The van der Waals surface area contributed by atoms with Crippen molar-refractivity contribution in [1.29, 1.82) is 0 Å². The molecule has 0 amide bonds. The zero-order chi connectivity index (χ0) is 12.0. The number of esters is 1. The molecule has 0 heterocycles. The molecule has 88 valence electrons. The van der Waals surface area contributed by atoms with E-state index in [1.807, 2.05) is 6.07 Å². The molecular weight excluding hydrogens is 275 g/mol. The summed E-state index contributed by atoms with van der Waals surface area (Å²) in [6.45, 7) is 2.19. The van der Waals surface area contributed by atoms with Crippen LogP contribution in [0.15, 0.2) is 22.7 Å². The van der Waals surface area contributed by atoms with Crippen molar-refractivity contribution in [2.75, 3.05) is 6.61 Å². The van der Waals surface area contributed by atoms with Crippen molar-refractivity contribution < 1.29 is 13.9 Å². The number of hydrogen-bond acceptors (Lipinski definition) is 2. The lowest BCUT2D eigenvalue weighted by Crippen LogP contribution is -2.04. The summed E-state index contributed by atoms with van der Waals surface area (Å²) in [5, 5.41) is 0. The quantitative estimate of drug-likeness (QED) is 0.776. The van der Waals surface area contributed by atoms with E-state index in [1.54, 1.807) is 13.0 Å². The predicted octanol–water partition coefficient (Wildman–Crippen LogP) is 3.47. The Morgan fingerprint density at radius 1 is 1.50 bits per heavy atom.